The van der Waals surface area contributed by atoms with Crippen LogP contribution < -0.4 is 0 Å². The van der Waals surface area contributed by atoms with E-state index in [2.05, 4.69) is 32.7 Å². The fourth-order valence-corrected chi connectivity index (χ4v) is 10.6. The fourth-order valence-electron chi connectivity index (χ4n) is 10.6. The molecule has 78 heavy (non-hydrogen) atoms. The number of benzene rings is 10. The highest BCUT2D eigenvalue weighted by molar-refractivity contribution is 6.14. The third-order valence-electron chi connectivity index (χ3n) is 14.3. The van der Waals surface area contributed by atoms with Crippen LogP contribution in [0.5, 0.6) is 0 Å². The molecule has 362 valence electrons. The van der Waals surface area contributed by atoms with Gasteiger partial charge in [-0.15, -0.1) is 0 Å². The van der Waals surface area contributed by atoms with Gasteiger partial charge in [-0.1, -0.05) is 115 Å². The number of hydrogen-bond acceptors (Lipinski definition) is 3. The van der Waals surface area contributed by atoms with Gasteiger partial charge in [0.05, 0.1) is 82.0 Å². The molecule has 0 saturated heterocycles. The minimum Gasteiger partial charge on any atom is -0.308 e. The average Bonchev–Trinajstić information content (AvgIpc) is 4.18. The molecule has 8 nitrogen and oxygen atoms in total. The summed E-state index contributed by atoms with van der Waals surface area (Å²) in [7, 11) is 0. The molecule has 0 aliphatic rings. The lowest BCUT2D eigenvalue weighted by molar-refractivity contribution is -0.137. The Hall–Kier alpha value is -11.5. The van der Waals surface area contributed by atoms with E-state index in [0.29, 0.717) is 44.6 Å². The van der Waals surface area contributed by atoms with E-state index in [-0.39, 0.29) is 33.8 Å². The third kappa shape index (κ3) is 7.99. The van der Waals surface area contributed by atoms with E-state index < -0.39 is 11.7 Å². The molecule has 11 heteroatoms. The summed E-state index contributed by atoms with van der Waals surface area (Å²) in [6.45, 7) is 23.3. The summed E-state index contributed by atoms with van der Waals surface area (Å²) in [5.41, 5.74) is 10.4. The van der Waals surface area contributed by atoms with Crippen molar-refractivity contribution in [3.05, 3.63) is 257 Å². The van der Waals surface area contributed by atoms with E-state index >= 15 is 13.2 Å². The number of halogens is 3. The van der Waals surface area contributed by atoms with Gasteiger partial charge < -0.3 is 9.13 Å². The fraction of sp³-hybridized carbons (Fsp3) is 0.0149. The second kappa shape index (κ2) is 18.8. The van der Waals surface area contributed by atoms with Gasteiger partial charge in [0.2, 0.25) is 0 Å². The van der Waals surface area contributed by atoms with E-state index in [0.717, 1.165) is 72.1 Å². The molecule has 0 spiro atoms. The van der Waals surface area contributed by atoms with Crippen LogP contribution >= 0.6 is 0 Å². The van der Waals surface area contributed by atoms with Gasteiger partial charge in [-0.25, -0.2) is 14.5 Å². The second-order valence-electron chi connectivity index (χ2n) is 18.6. The van der Waals surface area contributed by atoms with Gasteiger partial charge in [0.25, 0.3) is 0 Å². The molecule has 0 atom stereocenters. The van der Waals surface area contributed by atoms with E-state index in [1.165, 1.54) is 12.1 Å². The van der Waals surface area contributed by atoms with Crippen molar-refractivity contribution in [1.29, 1.82) is 15.8 Å². The van der Waals surface area contributed by atoms with Crippen LogP contribution in [0.25, 0.3) is 125 Å². The summed E-state index contributed by atoms with van der Waals surface area (Å²) in [5, 5.41) is 34.0. The van der Waals surface area contributed by atoms with Crippen LogP contribution in [0.15, 0.2) is 200 Å². The summed E-state index contributed by atoms with van der Waals surface area (Å²) < 4.78 is 50.1. The normalized spacial score (nSPS) is 11.2. The lowest BCUT2D eigenvalue weighted by Gasteiger charge is -2.21. The Labute approximate surface area is 444 Å². The van der Waals surface area contributed by atoms with Crippen LogP contribution in [0.3, 0.4) is 0 Å². The van der Waals surface area contributed by atoms with Gasteiger partial charge in [0.15, 0.2) is 17.1 Å². The van der Waals surface area contributed by atoms with Gasteiger partial charge in [0.1, 0.15) is 11.6 Å². The highest BCUT2D eigenvalue weighted by Crippen LogP contribution is 2.47. The summed E-state index contributed by atoms with van der Waals surface area (Å²) >= 11 is 0. The number of aromatic nitrogens is 2. The molecule has 0 unspecified atom stereocenters. The van der Waals surface area contributed by atoms with Crippen molar-refractivity contribution < 1.29 is 13.2 Å². The van der Waals surface area contributed by atoms with Crippen molar-refractivity contribution in [1.82, 2.24) is 9.13 Å². The highest BCUT2D eigenvalue weighted by atomic mass is 19.4. The van der Waals surface area contributed by atoms with Crippen LogP contribution in [0.4, 0.5) is 30.2 Å². The van der Waals surface area contributed by atoms with E-state index in [1.54, 1.807) is 60.7 Å². The Morgan fingerprint density at radius 2 is 0.718 bits per heavy atom. The predicted molar refractivity (Wildman–Crippen MR) is 300 cm³/mol. The first-order valence-electron chi connectivity index (χ1n) is 24.3. The Bertz CT molecular complexity index is 4260. The summed E-state index contributed by atoms with van der Waals surface area (Å²) in [6, 6.07) is 66.1. The molecular weight excluding hydrogens is 974 g/mol. The monoisotopic (exact) mass is 1010 g/mol. The maximum absolute atomic E-state index is 15.4. The van der Waals surface area contributed by atoms with E-state index in [4.69, 9.17) is 19.7 Å². The summed E-state index contributed by atoms with van der Waals surface area (Å²) in [5.74, 6) is 0. The zero-order valence-corrected chi connectivity index (χ0v) is 40.8. The van der Waals surface area contributed by atoms with E-state index in [1.807, 2.05) is 130 Å². The van der Waals surface area contributed by atoms with Crippen molar-refractivity contribution in [2.24, 2.45) is 0 Å². The maximum atomic E-state index is 15.4. The number of fused-ring (bicyclic) bond motifs is 6. The Kier molecular flexibility index (Phi) is 11.4. The molecule has 10 aromatic carbocycles. The minimum atomic E-state index is -4.87. The highest BCUT2D eigenvalue weighted by Gasteiger charge is 2.35. The lowest BCUT2D eigenvalue weighted by atomic mass is 9.94. The quantitative estimate of drug-likeness (QED) is 0.149. The minimum absolute atomic E-state index is 0.0550. The molecule has 0 radical (unpaired) electrons. The third-order valence-corrected chi connectivity index (χ3v) is 14.3. The number of hydrogen-bond donors (Lipinski definition) is 0. The molecule has 0 N–H and O–H groups in total. The van der Waals surface area contributed by atoms with Crippen LogP contribution in [0.1, 0.15) is 22.3 Å². The largest absolute Gasteiger partial charge is 0.415 e. The lowest BCUT2D eigenvalue weighted by Crippen LogP contribution is -2.09. The van der Waals surface area contributed by atoms with Crippen molar-refractivity contribution in [3.63, 3.8) is 0 Å². The van der Waals surface area contributed by atoms with Crippen molar-refractivity contribution in [2.45, 2.75) is 6.18 Å². The van der Waals surface area contributed by atoms with Crippen molar-refractivity contribution in [2.75, 3.05) is 0 Å². The maximum Gasteiger partial charge on any atom is 0.415 e. The smallest absolute Gasteiger partial charge is 0.308 e. The molecule has 12 rings (SSSR count). The molecular formula is C67H33F3N8. The molecule has 2 heterocycles. The second-order valence-corrected chi connectivity index (χ2v) is 18.6. The van der Waals surface area contributed by atoms with Crippen LogP contribution in [-0.4, -0.2) is 9.13 Å². The number of nitrogens with zero attached hydrogens (tertiary/aromatic N) is 8. The molecule has 0 aliphatic heterocycles. The van der Waals surface area contributed by atoms with Gasteiger partial charge >= 0.3 is 6.18 Å². The van der Waals surface area contributed by atoms with E-state index in [9.17, 15) is 15.8 Å². The first kappa shape index (κ1) is 47.5. The summed E-state index contributed by atoms with van der Waals surface area (Å²) in [6.07, 6.45) is -4.87. The number of rotatable bonds is 7. The van der Waals surface area contributed by atoms with Crippen LogP contribution in [-0.2, 0) is 6.18 Å². The van der Waals surface area contributed by atoms with Gasteiger partial charge in [-0.2, -0.15) is 29.0 Å². The SMILES string of the molecule is [C-]#[N+]c1ccc(-c2ccc3c(c2)c2cc(-c4ccc([N+]#[C-])cc4)ccc2n3-c2cc(-c3c([N+]#[C-])cccc3C(F)(F)F)cc(-n3c4ccc(-c5ccc(C#N)cc5)cc4c4cc(-c5ccc(C#N)cc5)ccc43)c2C#N)cc1. The van der Waals surface area contributed by atoms with Gasteiger partial charge in [0, 0.05) is 21.5 Å². The first-order chi connectivity index (χ1) is 38.0. The van der Waals surface area contributed by atoms with Crippen LogP contribution in [0.2, 0.25) is 0 Å². The summed E-state index contributed by atoms with van der Waals surface area (Å²) in [4.78, 5) is 10.8. The molecule has 12 aromatic rings. The predicted octanol–water partition coefficient (Wildman–Crippen LogP) is 18.5. The van der Waals surface area contributed by atoms with Crippen molar-refractivity contribution >= 4 is 60.7 Å². The average molecular weight is 1010 g/mol. The molecule has 0 amide bonds. The Balaban J connectivity index is 1.20. The molecule has 0 saturated carbocycles. The van der Waals surface area contributed by atoms with Gasteiger partial charge in [-0.05, 0) is 141 Å². The zero-order chi connectivity index (χ0) is 53.8. The van der Waals surface area contributed by atoms with Crippen LogP contribution in [0, 0.1) is 53.7 Å². The Morgan fingerprint density at radius 3 is 1.03 bits per heavy atom. The standard InChI is InChI=1S/C67H33F3N8/c1-74-51-23-15-44(16-24-51)48-21-29-62-55(33-48)56-34-49(45-17-25-52(75-2)26-18-45)22-30-63(56)78(62)65-36-50(66-58(67(68,69)70)5-4-6-59(66)76-3)35-64(57(65)39-73)77-60-27-19-46(42-11-7-40(37-71)8-12-42)31-53(60)54-32-47(20-28-61(54)77)43-13-9-41(38-72)10-14-43/h4-36H. The van der Waals surface area contributed by atoms with Gasteiger partial charge in [-0.3, -0.25) is 0 Å². The number of alkyl halides is 3. The molecule has 2 aromatic heterocycles. The number of nitriles is 3. The first-order valence-corrected chi connectivity index (χ1v) is 24.3. The Morgan fingerprint density at radius 1 is 0.372 bits per heavy atom. The molecule has 0 aliphatic carbocycles. The zero-order valence-electron chi connectivity index (χ0n) is 40.8. The molecule has 0 fully saturated rings. The topological polar surface area (TPSA) is 94.3 Å². The molecule has 0 bridgehead atoms. The van der Waals surface area contributed by atoms with Crippen molar-refractivity contribution in [3.8, 4) is 85.2 Å².